The molecular formula is C15H16Br2N2OS. The standard InChI is InChI=1S/C15H16Br2N2OS/c1-2-18(9-12-5-6-14(17)21-12)15(20)13-7-10(16)8-19(13)11-3-4-11/h5-8,11H,2-4,9H2,1H3. The van der Waals surface area contributed by atoms with Crippen LogP contribution in [0.25, 0.3) is 0 Å². The smallest absolute Gasteiger partial charge is 0.270 e. The third-order valence-corrected chi connectivity index (χ3v) is 5.66. The first kappa shape index (κ1) is 15.3. The molecule has 0 radical (unpaired) electrons. The average Bonchev–Trinajstić information content (AvgIpc) is 3.12. The molecule has 0 unspecified atom stereocenters. The fraction of sp³-hybridized carbons (Fsp3) is 0.400. The number of amides is 1. The number of halogens is 2. The Morgan fingerprint density at radius 3 is 2.76 bits per heavy atom. The summed E-state index contributed by atoms with van der Waals surface area (Å²) in [5, 5.41) is 0. The lowest BCUT2D eigenvalue weighted by Gasteiger charge is -2.21. The highest BCUT2D eigenvalue weighted by Crippen LogP contribution is 2.38. The Morgan fingerprint density at radius 2 is 2.19 bits per heavy atom. The molecule has 21 heavy (non-hydrogen) atoms. The van der Waals surface area contributed by atoms with Crippen LogP contribution in [0.5, 0.6) is 0 Å². The van der Waals surface area contributed by atoms with Gasteiger partial charge in [0.05, 0.1) is 10.3 Å². The van der Waals surface area contributed by atoms with Crippen molar-refractivity contribution in [1.29, 1.82) is 0 Å². The van der Waals surface area contributed by atoms with E-state index in [9.17, 15) is 4.79 Å². The largest absolute Gasteiger partial charge is 0.339 e. The van der Waals surface area contributed by atoms with E-state index in [-0.39, 0.29) is 5.91 Å². The number of rotatable bonds is 5. The number of hydrogen-bond acceptors (Lipinski definition) is 2. The van der Waals surface area contributed by atoms with Crippen molar-refractivity contribution in [2.75, 3.05) is 6.54 Å². The van der Waals surface area contributed by atoms with E-state index in [4.69, 9.17) is 0 Å². The van der Waals surface area contributed by atoms with Gasteiger partial charge in [-0.15, -0.1) is 11.3 Å². The maximum absolute atomic E-state index is 12.8. The quantitative estimate of drug-likeness (QED) is 0.648. The Labute approximate surface area is 145 Å². The van der Waals surface area contributed by atoms with Crippen LogP contribution in [0.2, 0.25) is 0 Å². The zero-order valence-electron chi connectivity index (χ0n) is 11.7. The van der Waals surface area contributed by atoms with E-state index in [2.05, 4.69) is 42.5 Å². The lowest BCUT2D eigenvalue weighted by atomic mass is 10.3. The molecule has 0 bridgehead atoms. The van der Waals surface area contributed by atoms with Gasteiger partial charge in [0.25, 0.3) is 5.91 Å². The Morgan fingerprint density at radius 1 is 1.43 bits per heavy atom. The lowest BCUT2D eigenvalue weighted by Crippen LogP contribution is -2.31. The molecule has 0 saturated heterocycles. The van der Waals surface area contributed by atoms with Gasteiger partial charge in [-0.2, -0.15) is 0 Å². The van der Waals surface area contributed by atoms with Gasteiger partial charge in [-0.3, -0.25) is 4.79 Å². The van der Waals surface area contributed by atoms with Gasteiger partial charge in [-0.1, -0.05) is 0 Å². The third kappa shape index (κ3) is 3.43. The molecule has 1 amide bonds. The summed E-state index contributed by atoms with van der Waals surface area (Å²) >= 11 is 8.64. The summed E-state index contributed by atoms with van der Waals surface area (Å²) in [6.07, 6.45) is 4.37. The summed E-state index contributed by atoms with van der Waals surface area (Å²) in [6.45, 7) is 3.40. The van der Waals surface area contributed by atoms with Crippen LogP contribution in [0.1, 0.15) is 41.2 Å². The number of hydrogen-bond donors (Lipinski definition) is 0. The molecule has 0 N–H and O–H groups in total. The van der Waals surface area contributed by atoms with E-state index in [1.807, 2.05) is 30.2 Å². The van der Waals surface area contributed by atoms with Crippen molar-refractivity contribution in [3.05, 3.63) is 43.2 Å². The van der Waals surface area contributed by atoms with Crippen LogP contribution in [-0.2, 0) is 6.54 Å². The van der Waals surface area contributed by atoms with Crippen molar-refractivity contribution in [3.8, 4) is 0 Å². The third-order valence-electron chi connectivity index (χ3n) is 3.62. The van der Waals surface area contributed by atoms with Gasteiger partial charge in [0.2, 0.25) is 0 Å². The average molecular weight is 432 g/mol. The zero-order chi connectivity index (χ0) is 15.0. The summed E-state index contributed by atoms with van der Waals surface area (Å²) in [6, 6.07) is 6.54. The molecule has 112 valence electrons. The van der Waals surface area contributed by atoms with Crippen molar-refractivity contribution < 1.29 is 4.79 Å². The summed E-state index contributed by atoms with van der Waals surface area (Å²) in [5.41, 5.74) is 0.793. The Kier molecular flexibility index (Phi) is 4.57. The summed E-state index contributed by atoms with van der Waals surface area (Å²) in [4.78, 5) is 15.9. The highest BCUT2D eigenvalue weighted by Gasteiger charge is 2.29. The first-order valence-electron chi connectivity index (χ1n) is 6.99. The summed E-state index contributed by atoms with van der Waals surface area (Å²) < 4.78 is 4.21. The van der Waals surface area contributed by atoms with Gasteiger partial charge in [0, 0.05) is 28.1 Å². The predicted octanol–water partition coefficient (Wildman–Crippen LogP) is 5.07. The Hall–Kier alpha value is -0.590. The Balaban J connectivity index is 1.81. The van der Waals surface area contributed by atoms with E-state index < -0.39 is 0 Å². The second-order valence-electron chi connectivity index (χ2n) is 5.21. The Bertz CT molecular complexity index is 660. The van der Waals surface area contributed by atoms with Gasteiger partial charge in [-0.05, 0) is 69.8 Å². The second-order valence-corrected chi connectivity index (χ2v) is 8.67. The van der Waals surface area contributed by atoms with Gasteiger partial charge < -0.3 is 9.47 Å². The molecule has 0 aliphatic heterocycles. The lowest BCUT2D eigenvalue weighted by molar-refractivity contribution is 0.0743. The van der Waals surface area contributed by atoms with E-state index in [0.717, 1.165) is 14.0 Å². The molecule has 0 atom stereocenters. The molecule has 1 aliphatic rings. The molecule has 6 heteroatoms. The van der Waals surface area contributed by atoms with Crippen LogP contribution < -0.4 is 0 Å². The predicted molar refractivity (Wildman–Crippen MR) is 92.8 cm³/mol. The van der Waals surface area contributed by atoms with Crippen molar-refractivity contribution in [1.82, 2.24) is 9.47 Å². The first-order valence-corrected chi connectivity index (χ1v) is 9.39. The number of nitrogens with zero attached hydrogens (tertiary/aromatic N) is 2. The number of thiophene rings is 1. The fourth-order valence-corrected chi connectivity index (χ4v) is 4.32. The van der Waals surface area contributed by atoms with Crippen molar-refractivity contribution in [3.63, 3.8) is 0 Å². The van der Waals surface area contributed by atoms with Crippen LogP contribution in [0, 0.1) is 0 Å². The van der Waals surface area contributed by atoms with Crippen molar-refractivity contribution in [2.24, 2.45) is 0 Å². The molecule has 2 heterocycles. The minimum Gasteiger partial charge on any atom is -0.339 e. The minimum absolute atomic E-state index is 0.111. The normalized spacial score (nSPS) is 14.4. The molecule has 0 aromatic carbocycles. The van der Waals surface area contributed by atoms with E-state index in [1.165, 1.54) is 17.7 Å². The SMILES string of the molecule is CCN(Cc1ccc(Br)s1)C(=O)c1cc(Br)cn1C1CC1. The monoisotopic (exact) mass is 430 g/mol. The minimum atomic E-state index is 0.111. The van der Waals surface area contributed by atoms with Gasteiger partial charge in [-0.25, -0.2) is 0 Å². The molecular weight excluding hydrogens is 416 g/mol. The van der Waals surface area contributed by atoms with Crippen molar-refractivity contribution >= 4 is 49.1 Å². The topological polar surface area (TPSA) is 25.2 Å². The van der Waals surface area contributed by atoms with E-state index in [0.29, 0.717) is 19.1 Å². The maximum Gasteiger partial charge on any atom is 0.270 e. The van der Waals surface area contributed by atoms with Crippen molar-refractivity contribution in [2.45, 2.75) is 32.4 Å². The highest BCUT2D eigenvalue weighted by atomic mass is 79.9. The van der Waals surface area contributed by atoms with Crippen LogP contribution in [0.4, 0.5) is 0 Å². The van der Waals surface area contributed by atoms with Crippen LogP contribution in [-0.4, -0.2) is 21.9 Å². The number of aromatic nitrogens is 1. The van der Waals surface area contributed by atoms with Gasteiger partial charge in [0.15, 0.2) is 0 Å². The number of carbonyl (C=O) groups excluding carboxylic acids is 1. The molecule has 1 aliphatic carbocycles. The molecule has 2 aromatic rings. The number of carbonyl (C=O) groups is 1. The fourth-order valence-electron chi connectivity index (χ4n) is 2.39. The molecule has 3 nitrogen and oxygen atoms in total. The van der Waals surface area contributed by atoms with Crippen LogP contribution >= 0.6 is 43.2 Å². The molecule has 3 rings (SSSR count). The van der Waals surface area contributed by atoms with Crippen LogP contribution in [0.3, 0.4) is 0 Å². The molecule has 2 aromatic heterocycles. The maximum atomic E-state index is 12.8. The summed E-state index contributed by atoms with van der Waals surface area (Å²) in [5.74, 6) is 0.111. The highest BCUT2D eigenvalue weighted by molar-refractivity contribution is 9.11. The van der Waals surface area contributed by atoms with E-state index >= 15 is 0 Å². The van der Waals surface area contributed by atoms with E-state index in [1.54, 1.807) is 11.3 Å². The summed E-state index contributed by atoms with van der Waals surface area (Å²) in [7, 11) is 0. The zero-order valence-corrected chi connectivity index (χ0v) is 15.7. The van der Waals surface area contributed by atoms with Gasteiger partial charge >= 0.3 is 0 Å². The molecule has 0 spiro atoms. The second kappa shape index (κ2) is 6.26. The molecule has 1 fully saturated rings. The first-order chi connectivity index (χ1) is 10.1. The van der Waals surface area contributed by atoms with Gasteiger partial charge in [0.1, 0.15) is 5.69 Å². The van der Waals surface area contributed by atoms with Crippen LogP contribution in [0.15, 0.2) is 32.7 Å². The molecule has 1 saturated carbocycles.